The van der Waals surface area contributed by atoms with Crippen LogP contribution in [0.1, 0.15) is 28.0 Å². The van der Waals surface area contributed by atoms with E-state index in [-0.39, 0.29) is 11.7 Å². The Hall–Kier alpha value is -3.28. The van der Waals surface area contributed by atoms with Gasteiger partial charge in [-0.25, -0.2) is 4.39 Å². The Labute approximate surface area is 156 Å². The molecule has 0 radical (unpaired) electrons. The first-order valence-corrected chi connectivity index (χ1v) is 8.92. The maximum Gasteiger partial charge on any atom is 0.278 e. The van der Waals surface area contributed by atoms with E-state index in [0.29, 0.717) is 24.6 Å². The first kappa shape index (κ1) is 17.1. The van der Waals surface area contributed by atoms with Gasteiger partial charge in [0.05, 0.1) is 0 Å². The summed E-state index contributed by atoms with van der Waals surface area (Å²) in [6, 6.07) is 17.6. The molecule has 4 rings (SSSR count). The largest absolute Gasteiger partial charge is 0.365 e. The summed E-state index contributed by atoms with van der Waals surface area (Å²) in [6.07, 6.45) is 1.92. The number of benzene rings is 2. The van der Waals surface area contributed by atoms with Crippen LogP contribution in [0, 0.1) is 5.82 Å². The minimum Gasteiger partial charge on any atom is -0.365 e. The van der Waals surface area contributed by atoms with Gasteiger partial charge in [0.2, 0.25) is 0 Å². The lowest BCUT2D eigenvalue weighted by Crippen LogP contribution is -2.36. The number of carbonyl (C=O) groups is 1. The predicted octanol–water partition coefficient (Wildman–Crippen LogP) is 3.82. The van der Waals surface area contributed by atoms with E-state index in [1.165, 1.54) is 17.7 Å². The molecule has 2 heterocycles. The second kappa shape index (κ2) is 7.53. The number of aromatic nitrogens is 2. The fourth-order valence-electron chi connectivity index (χ4n) is 3.22. The molecule has 6 heteroatoms. The number of aryl methyl sites for hydroxylation is 1. The molecule has 27 heavy (non-hydrogen) atoms. The Morgan fingerprint density at radius 3 is 2.63 bits per heavy atom. The summed E-state index contributed by atoms with van der Waals surface area (Å²) in [5, 5.41) is 11.3. The fourth-order valence-corrected chi connectivity index (χ4v) is 3.22. The van der Waals surface area contributed by atoms with Gasteiger partial charge in [0.25, 0.3) is 5.91 Å². The number of rotatable bonds is 4. The van der Waals surface area contributed by atoms with E-state index in [1.54, 1.807) is 29.2 Å². The predicted molar refractivity (Wildman–Crippen MR) is 102 cm³/mol. The third-order valence-electron chi connectivity index (χ3n) is 4.63. The van der Waals surface area contributed by atoms with Crippen molar-refractivity contribution in [1.29, 1.82) is 0 Å². The number of hydrogen-bond acceptors (Lipinski definition) is 4. The standard InChI is InChI=1S/C21H19FN4O/c22-17-9-7-15(8-10-17)14-23-20-12-11-18(24-25-20)21(27)26-13-3-5-16-4-1-2-6-19(16)26/h1-2,4,6-12H,3,5,13-14H2,(H,23,25). The van der Waals surface area contributed by atoms with Crippen LogP contribution in [0.3, 0.4) is 0 Å². The summed E-state index contributed by atoms with van der Waals surface area (Å²) in [5.74, 6) is 0.162. The maximum atomic E-state index is 12.9. The Morgan fingerprint density at radius 2 is 1.85 bits per heavy atom. The van der Waals surface area contributed by atoms with Gasteiger partial charge >= 0.3 is 0 Å². The van der Waals surface area contributed by atoms with Gasteiger partial charge < -0.3 is 10.2 Å². The number of carbonyl (C=O) groups excluding carboxylic acids is 1. The summed E-state index contributed by atoms with van der Waals surface area (Å²) >= 11 is 0. The lowest BCUT2D eigenvalue weighted by molar-refractivity contribution is 0.0979. The minimum absolute atomic E-state index is 0.139. The van der Waals surface area contributed by atoms with Crippen LogP contribution >= 0.6 is 0 Å². The molecule has 3 aromatic rings. The number of halogens is 1. The zero-order chi connectivity index (χ0) is 18.6. The van der Waals surface area contributed by atoms with Crippen molar-refractivity contribution < 1.29 is 9.18 Å². The quantitative estimate of drug-likeness (QED) is 0.767. The summed E-state index contributed by atoms with van der Waals surface area (Å²) in [4.78, 5) is 14.6. The lowest BCUT2D eigenvalue weighted by atomic mass is 10.0. The van der Waals surface area contributed by atoms with Crippen LogP contribution in [-0.4, -0.2) is 22.6 Å². The van der Waals surface area contributed by atoms with Crippen LogP contribution in [0.15, 0.2) is 60.7 Å². The molecule has 1 aliphatic rings. The van der Waals surface area contributed by atoms with Crippen LogP contribution in [0.4, 0.5) is 15.9 Å². The van der Waals surface area contributed by atoms with Gasteiger partial charge in [-0.2, -0.15) is 0 Å². The average Bonchev–Trinajstić information content (AvgIpc) is 2.73. The maximum absolute atomic E-state index is 12.9. The molecule has 0 spiro atoms. The molecule has 1 aliphatic heterocycles. The van der Waals surface area contributed by atoms with E-state index in [2.05, 4.69) is 21.6 Å². The molecule has 136 valence electrons. The summed E-state index contributed by atoms with van der Waals surface area (Å²) < 4.78 is 12.9. The Bertz CT molecular complexity index is 941. The molecule has 0 bridgehead atoms. The van der Waals surface area contributed by atoms with Gasteiger partial charge in [-0.05, 0) is 54.3 Å². The van der Waals surface area contributed by atoms with Crippen molar-refractivity contribution in [2.75, 3.05) is 16.8 Å². The molecule has 1 aromatic heterocycles. The van der Waals surface area contributed by atoms with E-state index in [1.807, 2.05) is 18.2 Å². The topological polar surface area (TPSA) is 58.1 Å². The molecule has 1 N–H and O–H groups in total. The second-order valence-electron chi connectivity index (χ2n) is 6.47. The number of para-hydroxylation sites is 1. The smallest absolute Gasteiger partial charge is 0.278 e. The molecule has 0 saturated heterocycles. The highest BCUT2D eigenvalue weighted by molar-refractivity contribution is 6.05. The van der Waals surface area contributed by atoms with Gasteiger partial charge in [0, 0.05) is 18.8 Å². The number of nitrogens with zero attached hydrogens (tertiary/aromatic N) is 3. The molecular weight excluding hydrogens is 343 g/mol. The van der Waals surface area contributed by atoms with Crippen LogP contribution in [-0.2, 0) is 13.0 Å². The van der Waals surface area contributed by atoms with E-state index < -0.39 is 0 Å². The first-order valence-electron chi connectivity index (χ1n) is 8.92. The van der Waals surface area contributed by atoms with E-state index >= 15 is 0 Å². The highest BCUT2D eigenvalue weighted by atomic mass is 19.1. The average molecular weight is 362 g/mol. The van der Waals surface area contributed by atoms with Gasteiger partial charge in [0.1, 0.15) is 11.6 Å². The van der Waals surface area contributed by atoms with Crippen LogP contribution in [0.2, 0.25) is 0 Å². The Balaban J connectivity index is 1.44. The van der Waals surface area contributed by atoms with Crippen molar-refractivity contribution in [2.45, 2.75) is 19.4 Å². The molecule has 0 saturated carbocycles. The number of hydrogen-bond donors (Lipinski definition) is 1. The highest BCUT2D eigenvalue weighted by Gasteiger charge is 2.24. The number of nitrogens with one attached hydrogen (secondary N) is 1. The van der Waals surface area contributed by atoms with Gasteiger partial charge in [-0.15, -0.1) is 10.2 Å². The van der Waals surface area contributed by atoms with Gasteiger partial charge in [-0.3, -0.25) is 4.79 Å². The van der Waals surface area contributed by atoms with Crippen molar-refractivity contribution in [3.63, 3.8) is 0 Å². The van der Waals surface area contributed by atoms with Crippen molar-refractivity contribution in [3.8, 4) is 0 Å². The summed E-state index contributed by atoms with van der Waals surface area (Å²) in [5.41, 5.74) is 3.39. The Kier molecular flexibility index (Phi) is 4.78. The molecule has 2 aromatic carbocycles. The normalized spacial score (nSPS) is 13.1. The highest BCUT2D eigenvalue weighted by Crippen LogP contribution is 2.27. The van der Waals surface area contributed by atoms with Gasteiger partial charge in [-0.1, -0.05) is 30.3 Å². The molecule has 1 amide bonds. The summed E-state index contributed by atoms with van der Waals surface area (Å²) in [6.45, 7) is 1.18. The van der Waals surface area contributed by atoms with E-state index in [4.69, 9.17) is 0 Å². The molecular formula is C21H19FN4O. The third-order valence-corrected chi connectivity index (χ3v) is 4.63. The first-order chi connectivity index (χ1) is 13.2. The van der Waals surface area contributed by atoms with Gasteiger partial charge in [0.15, 0.2) is 5.69 Å². The number of anilines is 2. The SMILES string of the molecule is O=C(c1ccc(NCc2ccc(F)cc2)nn1)N1CCCc2ccccc21. The van der Waals surface area contributed by atoms with Crippen molar-refractivity contribution in [3.05, 3.63) is 83.3 Å². The van der Waals surface area contributed by atoms with Crippen LogP contribution < -0.4 is 10.2 Å². The molecule has 0 atom stereocenters. The molecule has 5 nitrogen and oxygen atoms in total. The number of amides is 1. The molecule has 0 aliphatic carbocycles. The summed E-state index contributed by atoms with van der Waals surface area (Å²) in [7, 11) is 0. The van der Waals surface area contributed by atoms with Crippen molar-refractivity contribution in [2.24, 2.45) is 0 Å². The lowest BCUT2D eigenvalue weighted by Gasteiger charge is -2.29. The van der Waals surface area contributed by atoms with E-state index in [9.17, 15) is 9.18 Å². The molecule has 0 unspecified atom stereocenters. The van der Waals surface area contributed by atoms with Crippen molar-refractivity contribution >= 4 is 17.4 Å². The minimum atomic E-state index is -0.263. The number of fused-ring (bicyclic) bond motifs is 1. The molecule has 0 fully saturated rings. The van der Waals surface area contributed by atoms with Crippen LogP contribution in [0.5, 0.6) is 0 Å². The third kappa shape index (κ3) is 3.79. The monoisotopic (exact) mass is 362 g/mol. The van der Waals surface area contributed by atoms with Crippen LogP contribution in [0.25, 0.3) is 0 Å². The fraction of sp³-hybridized carbons (Fsp3) is 0.190. The Morgan fingerprint density at radius 1 is 1.04 bits per heavy atom. The van der Waals surface area contributed by atoms with Crippen molar-refractivity contribution in [1.82, 2.24) is 10.2 Å². The zero-order valence-corrected chi connectivity index (χ0v) is 14.7. The second-order valence-corrected chi connectivity index (χ2v) is 6.47. The van der Waals surface area contributed by atoms with E-state index in [0.717, 1.165) is 24.1 Å². The zero-order valence-electron chi connectivity index (χ0n) is 14.7.